The van der Waals surface area contributed by atoms with E-state index in [1.54, 1.807) is 11.8 Å². The molecule has 3 rings (SSSR count). The zero-order valence-corrected chi connectivity index (χ0v) is 10.1. The van der Waals surface area contributed by atoms with E-state index in [-0.39, 0.29) is 5.25 Å². The van der Waals surface area contributed by atoms with E-state index in [1.807, 2.05) is 0 Å². The summed E-state index contributed by atoms with van der Waals surface area (Å²) in [5.74, 6) is 0.697. The first-order chi connectivity index (χ1) is 7.33. The van der Waals surface area contributed by atoms with Gasteiger partial charge in [0.2, 0.25) is 5.89 Å². The molecule has 0 saturated heterocycles. The van der Waals surface area contributed by atoms with E-state index < -0.39 is 0 Å². The second-order valence-corrected chi connectivity index (χ2v) is 5.23. The third-order valence-corrected chi connectivity index (χ3v) is 3.96. The van der Waals surface area contributed by atoms with E-state index in [0.29, 0.717) is 10.7 Å². The van der Waals surface area contributed by atoms with Crippen LogP contribution in [0, 0.1) is 0 Å². The maximum atomic E-state index is 5.37. The van der Waals surface area contributed by atoms with Gasteiger partial charge in [-0.05, 0) is 18.1 Å². The first-order valence-electron chi connectivity index (χ1n) is 4.56. The monoisotopic (exact) mass is 282 g/mol. The average Bonchev–Trinajstić information content (AvgIpc) is 2.82. The molecule has 1 unspecified atom stereocenters. The van der Waals surface area contributed by atoms with Gasteiger partial charge in [0.15, 0.2) is 0 Å². The second kappa shape index (κ2) is 3.64. The Bertz CT molecular complexity index is 475. The van der Waals surface area contributed by atoms with Gasteiger partial charge in [-0.3, -0.25) is 0 Å². The van der Waals surface area contributed by atoms with Crippen LogP contribution in [0.2, 0.25) is 0 Å². The van der Waals surface area contributed by atoms with Crippen molar-refractivity contribution in [3.63, 3.8) is 0 Å². The number of benzene rings is 1. The highest BCUT2D eigenvalue weighted by Crippen LogP contribution is 2.45. The Morgan fingerprint density at radius 3 is 2.93 bits per heavy atom. The summed E-state index contributed by atoms with van der Waals surface area (Å²) in [5, 5.41) is 8.07. The molecule has 76 valence electrons. The second-order valence-electron chi connectivity index (χ2n) is 3.31. The number of halogens is 1. The number of fused-ring (bicyclic) bond motifs is 1. The van der Waals surface area contributed by atoms with Crippen LogP contribution in [0.5, 0.6) is 0 Å². The van der Waals surface area contributed by atoms with Gasteiger partial charge >= 0.3 is 0 Å². The third-order valence-electron chi connectivity index (χ3n) is 2.34. The van der Waals surface area contributed by atoms with E-state index in [1.165, 1.54) is 10.5 Å². The van der Waals surface area contributed by atoms with Crippen molar-refractivity contribution in [3.05, 3.63) is 40.5 Å². The number of rotatable bonds is 1. The van der Waals surface area contributed by atoms with Crippen LogP contribution in [0.1, 0.15) is 16.7 Å². The minimum atomic E-state index is 0.265. The summed E-state index contributed by atoms with van der Waals surface area (Å²) in [5.41, 5.74) is 1.36. The highest BCUT2D eigenvalue weighted by molar-refractivity contribution is 9.10. The quantitative estimate of drug-likeness (QED) is 0.805. The molecular weight excluding hydrogens is 276 g/mol. The lowest BCUT2D eigenvalue weighted by Gasteiger charge is -1.99. The zero-order chi connectivity index (χ0) is 10.3. The lowest BCUT2D eigenvalue weighted by atomic mass is 10.1. The standard InChI is InChI=1S/C10H7BrN2OS/c11-10-13-12-9(14-10)8-5-6-3-1-2-4-7(6)15-8/h1-4,8H,5H2. The molecule has 1 atom stereocenters. The first-order valence-corrected chi connectivity index (χ1v) is 6.23. The molecule has 1 aliphatic heterocycles. The molecule has 0 bridgehead atoms. The van der Waals surface area contributed by atoms with Crippen LogP contribution < -0.4 is 0 Å². The predicted octanol–water partition coefficient (Wildman–Crippen LogP) is 3.22. The molecule has 0 aliphatic carbocycles. The summed E-state index contributed by atoms with van der Waals surface area (Å²) in [6, 6.07) is 8.39. The fourth-order valence-electron chi connectivity index (χ4n) is 1.67. The topological polar surface area (TPSA) is 38.9 Å². The van der Waals surface area contributed by atoms with Gasteiger partial charge in [-0.15, -0.1) is 22.0 Å². The Morgan fingerprint density at radius 2 is 2.20 bits per heavy atom. The molecule has 2 heterocycles. The predicted molar refractivity (Wildman–Crippen MR) is 60.7 cm³/mol. The number of hydrogen-bond acceptors (Lipinski definition) is 4. The molecule has 2 aromatic rings. The van der Waals surface area contributed by atoms with Gasteiger partial charge in [0.25, 0.3) is 4.80 Å². The van der Waals surface area contributed by atoms with Crippen molar-refractivity contribution in [1.29, 1.82) is 0 Å². The highest BCUT2D eigenvalue weighted by Gasteiger charge is 2.27. The van der Waals surface area contributed by atoms with Crippen LogP contribution in [0.15, 0.2) is 38.4 Å². The van der Waals surface area contributed by atoms with Crippen LogP contribution in [-0.4, -0.2) is 10.2 Å². The number of aromatic nitrogens is 2. The number of thioether (sulfide) groups is 1. The SMILES string of the molecule is Brc1nnc(C2Cc3ccccc3S2)o1. The van der Waals surface area contributed by atoms with Crippen LogP contribution in [0.4, 0.5) is 0 Å². The van der Waals surface area contributed by atoms with Gasteiger partial charge in [-0.2, -0.15) is 0 Å². The molecule has 0 spiro atoms. The molecule has 1 aliphatic rings. The van der Waals surface area contributed by atoms with Crippen molar-refractivity contribution in [3.8, 4) is 0 Å². The highest BCUT2D eigenvalue weighted by atomic mass is 79.9. The maximum Gasteiger partial charge on any atom is 0.284 e. The van der Waals surface area contributed by atoms with Crippen molar-refractivity contribution in [2.45, 2.75) is 16.6 Å². The summed E-state index contributed by atoms with van der Waals surface area (Å²) in [6.07, 6.45) is 0.968. The van der Waals surface area contributed by atoms with Crippen LogP contribution in [-0.2, 0) is 6.42 Å². The minimum Gasteiger partial charge on any atom is -0.414 e. The lowest BCUT2D eigenvalue weighted by Crippen LogP contribution is -1.92. The Labute approximate surface area is 99.4 Å². The zero-order valence-electron chi connectivity index (χ0n) is 7.68. The normalized spacial score (nSPS) is 19.1. The Hall–Kier alpha value is -0.810. The lowest BCUT2D eigenvalue weighted by molar-refractivity contribution is 0.469. The molecule has 1 aromatic carbocycles. The smallest absolute Gasteiger partial charge is 0.284 e. The van der Waals surface area contributed by atoms with Gasteiger partial charge < -0.3 is 4.42 Å². The summed E-state index contributed by atoms with van der Waals surface area (Å²) >= 11 is 4.95. The molecule has 0 amide bonds. The van der Waals surface area contributed by atoms with Crippen molar-refractivity contribution in [2.75, 3.05) is 0 Å². The molecule has 1 aromatic heterocycles. The van der Waals surface area contributed by atoms with E-state index in [2.05, 4.69) is 50.4 Å². The van der Waals surface area contributed by atoms with Gasteiger partial charge in [0.1, 0.15) is 0 Å². The molecule has 0 radical (unpaired) electrons. The molecule has 0 N–H and O–H groups in total. The van der Waals surface area contributed by atoms with Crippen LogP contribution in [0.25, 0.3) is 0 Å². The van der Waals surface area contributed by atoms with Crippen LogP contribution >= 0.6 is 27.7 Å². The van der Waals surface area contributed by atoms with Gasteiger partial charge in [0.05, 0.1) is 5.25 Å². The fraction of sp³-hybridized carbons (Fsp3) is 0.200. The Morgan fingerprint density at radius 1 is 1.33 bits per heavy atom. The van der Waals surface area contributed by atoms with Crippen molar-refractivity contribution < 1.29 is 4.42 Å². The molecule has 0 saturated carbocycles. The average molecular weight is 283 g/mol. The fourth-order valence-corrected chi connectivity index (χ4v) is 3.14. The van der Waals surface area contributed by atoms with E-state index in [4.69, 9.17) is 4.42 Å². The minimum absolute atomic E-state index is 0.265. The Balaban J connectivity index is 1.90. The molecule has 3 nitrogen and oxygen atoms in total. The van der Waals surface area contributed by atoms with Gasteiger partial charge in [0, 0.05) is 20.8 Å². The summed E-state index contributed by atoms with van der Waals surface area (Å²) in [4.78, 5) is 1.77. The third kappa shape index (κ3) is 1.70. The summed E-state index contributed by atoms with van der Waals surface area (Å²) in [6.45, 7) is 0. The number of nitrogens with zero attached hydrogens (tertiary/aromatic N) is 2. The largest absolute Gasteiger partial charge is 0.414 e. The van der Waals surface area contributed by atoms with E-state index in [9.17, 15) is 0 Å². The van der Waals surface area contributed by atoms with Crippen molar-refractivity contribution >= 4 is 27.7 Å². The van der Waals surface area contributed by atoms with Gasteiger partial charge in [-0.1, -0.05) is 18.2 Å². The van der Waals surface area contributed by atoms with Crippen molar-refractivity contribution in [2.24, 2.45) is 0 Å². The van der Waals surface area contributed by atoms with Crippen LogP contribution in [0.3, 0.4) is 0 Å². The number of hydrogen-bond donors (Lipinski definition) is 0. The van der Waals surface area contributed by atoms with Crippen molar-refractivity contribution in [1.82, 2.24) is 10.2 Å². The van der Waals surface area contributed by atoms with E-state index >= 15 is 0 Å². The van der Waals surface area contributed by atoms with E-state index in [0.717, 1.165) is 6.42 Å². The first kappa shape index (κ1) is 9.42. The summed E-state index contributed by atoms with van der Waals surface area (Å²) < 4.78 is 5.37. The molecule has 0 fully saturated rings. The Kier molecular flexibility index (Phi) is 2.29. The maximum absolute atomic E-state index is 5.37. The van der Waals surface area contributed by atoms with Gasteiger partial charge in [-0.25, -0.2) is 0 Å². The molecular formula is C10H7BrN2OS. The molecule has 5 heteroatoms. The molecule has 15 heavy (non-hydrogen) atoms. The summed E-state index contributed by atoms with van der Waals surface area (Å²) in [7, 11) is 0.